The Balaban J connectivity index is 1.70. The van der Waals surface area contributed by atoms with Crippen LogP contribution in [-0.4, -0.2) is 47.3 Å². The maximum Gasteiger partial charge on any atom is 0.320 e. The number of likely N-dealkylation sites (N-methyl/N-ethyl adjacent to an activating group) is 1. The monoisotopic (exact) mass is 434 g/mol. The highest BCUT2D eigenvalue weighted by Gasteiger charge is 2.14. The molecule has 2 aromatic carbocycles. The van der Waals surface area contributed by atoms with Crippen molar-refractivity contribution in [3.05, 3.63) is 53.6 Å². The molecule has 0 N–H and O–H groups in total. The molecule has 1 aromatic heterocycles. The molecule has 0 bridgehead atoms. The van der Waals surface area contributed by atoms with Gasteiger partial charge in [-0.2, -0.15) is 10.2 Å². The van der Waals surface area contributed by atoms with Gasteiger partial charge in [0.1, 0.15) is 11.8 Å². The summed E-state index contributed by atoms with van der Waals surface area (Å²) in [5.74, 6) is 1.06. The number of ether oxygens (including phenoxy) is 2. The number of nitrogens with zero attached hydrogens (tertiary/aromatic N) is 4. The van der Waals surface area contributed by atoms with Crippen LogP contribution < -0.4 is 4.74 Å². The zero-order valence-electron chi connectivity index (χ0n) is 18.7. The maximum atomic E-state index is 11.6. The minimum Gasteiger partial charge on any atom is -0.490 e. The van der Waals surface area contributed by atoms with Gasteiger partial charge in [0.15, 0.2) is 0 Å². The van der Waals surface area contributed by atoms with E-state index >= 15 is 0 Å². The zero-order valence-corrected chi connectivity index (χ0v) is 18.7. The Hall–Kier alpha value is -3.70. The van der Waals surface area contributed by atoms with Gasteiger partial charge in [0.05, 0.1) is 24.8 Å². The van der Waals surface area contributed by atoms with Crippen LogP contribution in [0.4, 0.5) is 0 Å². The third-order valence-corrected chi connectivity index (χ3v) is 4.50. The Bertz CT molecular complexity index is 1100. The summed E-state index contributed by atoms with van der Waals surface area (Å²) in [6, 6.07) is 15.1. The first kappa shape index (κ1) is 23.0. The second-order valence-electron chi connectivity index (χ2n) is 7.59. The highest BCUT2D eigenvalue weighted by molar-refractivity contribution is 5.71. The van der Waals surface area contributed by atoms with Crippen LogP contribution >= 0.6 is 0 Å². The van der Waals surface area contributed by atoms with Gasteiger partial charge in [-0.15, -0.1) is 0 Å². The largest absolute Gasteiger partial charge is 0.490 e. The Morgan fingerprint density at radius 3 is 2.56 bits per heavy atom. The highest BCUT2D eigenvalue weighted by atomic mass is 16.5. The molecule has 0 aliphatic carbocycles. The molecule has 0 saturated heterocycles. The second-order valence-corrected chi connectivity index (χ2v) is 7.59. The van der Waals surface area contributed by atoms with E-state index in [1.54, 1.807) is 25.1 Å². The van der Waals surface area contributed by atoms with Gasteiger partial charge in [-0.1, -0.05) is 29.4 Å². The molecule has 0 unspecified atom stereocenters. The quantitative estimate of drug-likeness (QED) is 0.465. The molecule has 166 valence electrons. The number of hydrogen-bond acceptors (Lipinski definition) is 8. The maximum absolute atomic E-state index is 11.6. The van der Waals surface area contributed by atoms with Crippen LogP contribution in [0.15, 0.2) is 47.0 Å². The number of carbonyl (C=O) groups is 1. The van der Waals surface area contributed by atoms with Crippen molar-refractivity contribution in [3.63, 3.8) is 0 Å². The molecule has 0 fully saturated rings. The van der Waals surface area contributed by atoms with Gasteiger partial charge in [-0.25, -0.2) is 0 Å². The molecule has 0 radical (unpaired) electrons. The fourth-order valence-electron chi connectivity index (χ4n) is 3.12. The molecular formula is C24H26N4O4. The molecule has 32 heavy (non-hydrogen) atoms. The van der Waals surface area contributed by atoms with Crippen LogP contribution in [0.1, 0.15) is 31.9 Å². The van der Waals surface area contributed by atoms with Gasteiger partial charge in [0, 0.05) is 17.7 Å². The molecule has 0 aliphatic heterocycles. The number of benzene rings is 2. The van der Waals surface area contributed by atoms with Crippen LogP contribution in [-0.2, 0) is 16.1 Å². The van der Waals surface area contributed by atoms with Gasteiger partial charge in [-0.3, -0.25) is 9.69 Å². The van der Waals surface area contributed by atoms with E-state index in [0.29, 0.717) is 41.7 Å². The van der Waals surface area contributed by atoms with Crippen molar-refractivity contribution in [2.24, 2.45) is 0 Å². The van der Waals surface area contributed by atoms with Gasteiger partial charge in [0.2, 0.25) is 5.82 Å². The Morgan fingerprint density at radius 1 is 1.19 bits per heavy atom. The van der Waals surface area contributed by atoms with E-state index in [2.05, 4.69) is 16.2 Å². The topological polar surface area (TPSA) is 101 Å². The van der Waals surface area contributed by atoms with Crippen LogP contribution in [0.2, 0.25) is 0 Å². The molecule has 3 rings (SSSR count). The smallest absolute Gasteiger partial charge is 0.320 e. The van der Waals surface area contributed by atoms with Crippen molar-refractivity contribution < 1.29 is 18.8 Å². The molecule has 0 spiro atoms. The van der Waals surface area contributed by atoms with Crippen LogP contribution in [0.3, 0.4) is 0 Å². The van der Waals surface area contributed by atoms with E-state index in [1.165, 1.54) is 0 Å². The lowest BCUT2D eigenvalue weighted by molar-refractivity contribution is -0.144. The van der Waals surface area contributed by atoms with Crippen LogP contribution in [0.25, 0.3) is 22.8 Å². The average molecular weight is 434 g/mol. The number of carbonyl (C=O) groups excluding carboxylic acids is 1. The fraction of sp³-hybridized carbons (Fsp3) is 0.333. The van der Waals surface area contributed by atoms with Gasteiger partial charge >= 0.3 is 5.97 Å². The lowest BCUT2D eigenvalue weighted by Crippen LogP contribution is -2.26. The highest BCUT2D eigenvalue weighted by Crippen LogP contribution is 2.28. The van der Waals surface area contributed by atoms with Crippen molar-refractivity contribution in [2.45, 2.75) is 33.4 Å². The molecule has 0 aliphatic rings. The van der Waals surface area contributed by atoms with Crippen LogP contribution in [0.5, 0.6) is 5.75 Å². The van der Waals surface area contributed by atoms with E-state index in [-0.39, 0.29) is 18.6 Å². The zero-order chi connectivity index (χ0) is 23.1. The lowest BCUT2D eigenvalue weighted by Gasteiger charge is -2.15. The van der Waals surface area contributed by atoms with Crippen molar-refractivity contribution >= 4 is 5.97 Å². The molecule has 0 atom stereocenters. The molecular weight excluding hydrogens is 408 g/mol. The normalized spacial score (nSPS) is 10.9. The number of nitriles is 1. The molecule has 8 nitrogen and oxygen atoms in total. The summed E-state index contributed by atoms with van der Waals surface area (Å²) in [6.07, 6.45) is -0.0316. The first-order valence-corrected chi connectivity index (χ1v) is 10.4. The number of hydrogen-bond donors (Lipinski definition) is 0. The van der Waals surface area contributed by atoms with E-state index < -0.39 is 0 Å². The first-order valence-electron chi connectivity index (χ1n) is 10.4. The molecule has 0 saturated carbocycles. The minimum atomic E-state index is -0.241. The van der Waals surface area contributed by atoms with E-state index in [1.807, 2.05) is 50.1 Å². The van der Waals surface area contributed by atoms with E-state index in [4.69, 9.17) is 14.0 Å². The summed E-state index contributed by atoms with van der Waals surface area (Å²) < 4.78 is 16.0. The Labute approximate surface area is 187 Å². The Morgan fingerprint density at radius 2 is 1.91 bits per heavy atom. The number of aromatic nitrogens is 2. The molecule has 8 heteroatoms. The van der Waals surface area contributed by atoms with Crippen molar-refractivity contribution in [1.29, 1.82) is 5.26 Å². The second kappa shape index (κ2) is 10.6. The van der Waals surface area contributed by atoms with Gasteiger partial charge in [-0.05, 0) is 51.6 Å². The summed E-state index contributed by atoms with van der Waals surface area (Å²) in [7, 11) is 1.86. The average Bonchev–Trinajstić information content (AvgIpc) is 3.24. The van der Waals surface area contributed by atoms with Gasteiger partial charge in [0.25, 0.3) is 5.89 Å². The fourth-order valence-corrected chi connectivity index (χ4v) is 3.12. The minimum absolute atomic E-state index is 0.0316. The van der Waals surface area contributed by atoms with E-state index in [9.17, 15) is 10.1 Å². The molecule has 1 heterocycles. The standard InChI is InChI=1S/C24H26N4O4/c1-5-30-22(29)15-28(4)14-17-6-8-18(9-7-17)23-26-24(32-27-23)19-10-11-21(31-16(2)3)20(12-19)13-25/h6-12,16H,5,14-15H2,1-4H3. The third-order valence-electron chi connectivity index (χ3n) is 4.50. The summed E-state index contributed by atoms with van der Waals surface area (Å²) >= 11 is 0. The SMILES string of the molecule is CCOC(=O)CN(C)Cc1ccc(-c2noc(-c3ccc(OC(C)C)c(C#N)c3)n2)cc1. The first-order chi connectivity index (χ1) is 15.4. The molecule has 3 aromatic rings. The van der Waals surface area contributed by atoms with E-state index in [0.717, 1.165) is 11.1 Å². The van der Waals surface area contributed by atoms with Crippen molar-refractivity contribution in [1.82, 2.24) is 15.0 Å². The predicted octanol–water partition coefficient (Wildman–Crippen LogP) is 4.06. The predicted molar refractivity (Wildman–Crippen MR) is 119 cm³/mol. The van der Waals surface area contributed by atoms with Crippen LogP contribution in [0, 0.1) is 11.3 Å². The summed E-state index contributed by atoms with van der Waals surface area (Å²) in [4.78, 5) is 17.9. The molecule has 0 amide bonds. The van der Waals surface area contributed by atoms with Crippen molar-refractivity contribution in [2.75, 3.05) is 20.2 Å². The number of rotatable bonds is 9. The summed E-state index contributed by atoms with van der Waals surface area (Å²) in [5, 5.41) is 13.5. The summed E-state index contributed by atoms with van der Waals surface area (Å²) in [6.45, 7) is 6.82. The number of esters is 1. The lowest BCUT2D eigenvalue weighted by atomic mass is 10.1. The Kier molecular flexibility index (Phi) is 7.58. The van der Waals surface area contributed by atoms with Gasteiger partial charge < -0.3 is 14.0 Å². The third kappa shape index (κ3) is 5.93. The summed E-state index contributed by atoms with van der Waals surface area (Å²) in [5.41, 5.74) is 2.90. The van der Waals surface area contributed by atoms with Crippen molar-refractivity contribution in [3.8, 4) is 34.7 Å².